The van der Waals surface area contributed by atoms with Crippen LogP contribution in [0.15, 0.2) is 0 Å². The van der Waals surface area contributed by atoms with Gasteiger partial charge in [0, 0.05) is 13.7 Å². The topological polar surface area (TPSA) is 41.5 Å². The molecular formula is C6H15NO2. The Balaban J connectivity index is 3.06. The first-order valence-electron chi connectivity index (χ1n) is 3.11. The van der Waals surface area contributed by atoms with Crippen LogP contribution in [-0.4, -0.2) is 25.2 Å². The van der Waals surface area contributed by atoms with E-state index < -0.39 is 6.41 Å². The van der Waals surface area contributed by atoms with E-state index in [0.717, 1.165) is 6.54 Å². The molecule has 0 amide bonds. The summed E-state index contributed by atoms with van der Waals surface area (Å²) in [6.07, 6.45) is -0.813. The van der Waals surface area contributed by atoms with Gasteiger partial charge >= 0.3 is 0 Å². The summed E-state index contributed by atoms with van der Waals surface area (Å²) in [6, 6.07) is 0. The molecule has 0 radical (unpaired) electrons. The molecule has 0 aromatic rings. The van der Waals surface area contributed by atoms with E-state index in [-0.39, 0.29) is 0 Å². The van der Waals surface area contributed by atoms with Gasteiger partial charge in [-0.2, -0.15) is 0 Å². The highest BCUT2D eigenvalue weighted by atomic mass is 16.6. The summed E-state index contributed by atoms with van der Waals surface area (Å²) in [4.78, 5) is 0. The van der Waals surface area contributed by atoms with E-state index >= 15 is 0 Å². The standard InChI is InChI=1S/C6H15NO2/c1-5(2)4-7-6(8)9-3/h5-8H,4H2,1-3H3. The monoisotopic (exact) mass is 133 g/mol. The van der Waals surface area contributed by atoms with Crippen LogP contribution in [0.2, 0.25) is 0 Å². The average molecular weight is 133 g/mol. The molecule has 0 saturated carbocycles. The van der Waals surface area contributed by atoms with Crippen LogP contribution in [0, 0.1) is 5.92 Å². The summed E-state index contributed by atoms with van der Waals surface area (Å²) >= 11 is 0. The summed E-state index contributed by atoms with van der Waals surface area (Å²) in [6.45, 7) is 4.90. The van der Waals surface area contributed by atoms with Crippen molar-refractivity contribution in [3.63, 3.8) is 0 Å². The third kappa shape index (κ3) is 5.76. The summed E-state index contributed by atoms with van der Waals surface area (Å²) < 4.78 is 4.54. The maximum Gasteiger partial charge on any atom is 0.213 e. The van der Waals surface area contributed by atoms with E-state index in [9.17, 15) is 0 Å². The number of rotatable bonds is 4. The lowest BCUT2D eigenvalue weighted by Crippen LogP contribution is -2.33. The van der Waals surface area contributed by atoms with Crippen molar-refractivity contribution in [1.29, 1.82) is 0 Å². The van der Waals surface area contributed by atoms with E-state index in [2.05, 4.69) is 23.9 Å². The molecule has 0 aromatic heterocycles. The van der Waals surface area contributed by atoms with Gasteiger partial charge in [-0.15, -0.1) is 0 Å². The zero-order valence-corrected chi connectivity index (χ0v) is 6.22. The molecule has 0 bridgehead atoms. The first kappa shape index (κ1) is 8.88. The van der Waals surface area contributed by atoms with Crippen molar-refractivity contribution in [3.05, 3.63) is 0 Å². The molecule has 56 valence electrons. The maximum absolute atomic E-state index is 8.77. The molecule has 0 saturated heterocycles. The largest absolute Gasteiger partial charge is 0.356 e. The van der Waals surface area contributed by atoms with Crippen LogP contribution in [0.25, 0.3) is 0 Å². The Morgan fingerprint density at radius 2 is 2.11 bits per heavy atom. The summed E-state index contributed by atoms with van der Waals surface area (Å²) in [5, 5.41) is 11.5. The molecule has 0 fully saturated rings. The van der Waals surface area contributed by atoms with Crippen LogP contribution in [-0.2, 0) is 4.74 Å². The highest BCUT2D eigenvalue weighted by Gasteiger charge is 1.99. The Morgan fingerprint density at radius 3 is 2.44 bits per heavy atom. The number of nitrogens with one attached hydrogen (secondary N) is 1. The third-order valence-corrected chi connectivity index (χ3v) is 0.924. The Kier molecular flexibility index (Phi) is 4.67. The maximum atomic E-state index is 8.77. The van der Waals surface area contributed by atoms with Crippen LogP contribution in [0.1, 0.15) is 13.8 Å². The van der Waals surface area contributed by atoms with Gasteiger partial charge in [0.2, 0.25) is 6.41 Å². The van der Waals surface area contributed by atoms with Gasteiger partial charge in [-0.05, 0) is 5.92 Å². The van der Waals surface area contributed by atoms with Gasteiger partial charge < -0.3 is 9.84 Å². The van der Waals surface area contributed by atoms with Gasteiger partial charge in [0.15, 0.2) is 0 Å². The number of aliphatic hydroxyl groups excluding tert-OH is 1. The van der Waals surface area contributed by atoms with Gasteiger partial charge in [-0.25, -0.2) is 0 Å². The van der Waals surface area contributed by atoms with Gasteiger partial charge in [0.1, 0.15) is 0 Å². The number of aliphatic hydroxyl groups is 1. The number of hydrogen-bond acceptors (Lipinski definition) is 3. The molecule has 3 nitrogen and oxygen atoms in total. The minimum Gasteiger partial charge on any atom is -0.356 e. The van der Waals surface area contributed by atoms with Crippen LogP contribution in [0.5, 0.6) is 0 Å². The molecule has 1 unspecified atom stereocenters. The highest BCUT2D eigenvalue weighted by Crippen LogP contribution is 1.87. The number of methoxy groups -OCH3 is 1. The Morgan fingerprint density at radius 1 is 1.56 bits per heavy atom. The normalized spacial score (nSPS) is 14.3. The Labute approximate surface area is 56.0 Å². The van der Waals surface area contributed by atoms with Crippen molar-refractivity contribution in [3.8, 4) is 0 Å². The van der Waals surface area contributed by atoms with Gasteiger partial charge in [-0.3, -0.25) is 5.32 Å². The summed E-state index contributed by atoms with van der Waals surface area (Å²) in [5.41, 5.74) is 0. The lowest BCUT2D eigenvalue weighted by molar-refractivity contribution is -0.0977. The molecule has 1 atom stereocenters. The van der Waals surface area contributed by atoms with Crippen LogP contribution in [0.3, 0.4) is 0 Å². The molecule has 0 spiro atoms. The third-order valence-electron chi connectivity index (χ3n) is 0.924. The van der Waals surface area contributed by atoms with Crippen molar-refractivity contribution in [1.82, 2.24) is 5.32 Å². The molecular weight excluding hydrogens is 118 g/mol. The SMILES string of the molecule is COC(O)NCC(C)C. The van der Waals surface area contributed by atoms with Crippen molar-refractivity contribution in [2.75, 3.05) is 13.7 Å². The average Bonchev–Trinajstić information content (AvgIpc) is 1.83. The van der Waals surface area contributed by atoms with E-state index in [1.807, 2.05) is 0 Å². The molecule has 3 heteroatoms. The second-order valence-electron chi connectivity index (χ2n) is 2.39. The zero-order chi connectivity index (χ0) is 7.28. The first-order chi connectivity index (χ1) is 4.16. The summed E-state index contributed by atoms with van der Waals surface area (Å²) in [5.74, 6) is 0.537. The van der Waals surface area contributed by atoms with Crippen LogP contribution in [0.4, 0.5) is 0 Å². The van der Waals surface area contributed by atoms with E-state index in [1.54, 1.807) is 0 Å². The van der Waals surface area contributed by atoms with Crippen molar-refractivity contribution < 1.29 is 9.84 Å². The molecule has 2 N–H and O–H groups in total. The van der Waals surface area contributed by atoms with Crippen molar-refractivity contribution in [2.24, 2.45) is 5.92 Å². The quantitative estimate of drug-likeness (QED) is 0.536. The van der Waals surface area contributed by atoms with Crippen LogP contribution < -0.4 is 5.32 Å². The predicted octanol–water partition coefficient (Wildman–Crippen LogP) is 0.154. The molecule has 0 aliphatic carbocycles. The predicted molar refractivity (Wildman–Crippen MR) is 35.9 cm³/mol. The van der Waals surface area contributed by atoms with Crippen molar-refractivity contribution in [2.45, 2.75) is 20.3 Å². The molecule has 0 aromatic carbocycles. The molecule has 0 aliphatic heterocycles. The minimum absolute atomic E-state index is 0.537. The first-order valence-corrected chi connectivity index (χ1v) is 3.11. The minimum atomic E-state index is -0.813. The molecule has 0 rings (SSSR count). The van der Waals surface area contributed by atoms with E-state index in [4.69, 9.17) is 5.11 Å². The fraction of sp³-hybridized carbons (Fsp3) is 1.00. The van der Waals surface area contributed by atoms with Gasteiger partial charge in [-0.1, -0.05) is 13.8 Å². The zero-order valence-electron chi connectivity index (χ0n) is 6.22. The van der Waals surface area contributed by atoms with Gasteiger partial charge in [0.25, 0.3) is 0 Å². The molecule has 0 aliphatic rings. The number of ether oxygens (including phenoxy) is 1. The lowest BCUT2D eigenvalue weighted by atomic mass is 10.2. The second-order valence-corrected chi connectivity index (χ2v) is 2.39. The van der Waals surface area contributed by atoms with E-state index in [0.29, 0.717) is 5.92 Å². The highest BCUT2D eigenvalue weighted by molar-refractivity contribution is 4.47. The smallest absolute Gasteiger partial charge is 0.213 e. The van der Waals surface area contributed by atoms with Crippen molar-refractivity contribution >= 4 is 0 Å². The second kappa shape index (κ2) is 4.73. The lowest BCUT2D eigenvalue weighted by Gasteiger charge is -2.11. The molecule has 9 heavy (non-hydrogen) atoms. The fourth-order valence-corrected chi connectivity index (χ4v) is 0.420. The fourth-order valence-electron chi connectivity index (χ4n) is 0.420. The Hall–Kier alpha value is -0.120. The number of hydrogen-bond donors (Lipinski definition) is 2. The van der Waals surface area contributed by atoms with E-state index in [1.165, 1.54) is 7.11 Å². The molecule has 0 heterocycles. The summed E-state index contributed by atoms with van der Waals surface area (Å²) in [7, 11) is 1.46. The van der Waals surface area contributed by atoms with Gasteiger partial charge in [0.05, 0.1) is 0 Å². The van der Waals surface area contributed by atoms with Crippen LogP contribution >= 0.6 is 0 Å². The Bertz CT molecular complexity index is 66.1.